The Hall–Kier alpha value is -0.760. The van der Waals surface area contributed by atoms with Gasteiger partial charge in [-0.05, 0) is 64.4 Å². The van der Waals surface area contributed by atoms with Gasteiger partial charge in [-0.2, -0.15) is 0 Å². The van der Waals surface area contributed by atoms with Gasteiger partial charge in [0.05, 0.1) is 0 Å². The first-order valence-corrected chi connectivity index (χ1v) is 6.72. The van der Waals surface area contributed by atoms with Crippen molar-refractivity contribution < 1.29 is 0 Å². The van der Waals surface area contributed by atoms with Crippen LogP contribution in [-0.4, -0.2) is 25.5 Å². The molecule has 0 aliphatic heterocycles. The van der Waals surface area contributed by atoms with Crippen molar-refractivity contribution in [2.45, 2.75) is 47.0 Å². The van der Waals surface area contributed by atoms with Crippen LogP contribution in [0.25, 0.3) is 0 Å². The summed E-state index contributed by atoms with van der Waals surface area (Å²) in [6.07, 6.45) is 5.56. The Labute approximate surface area is 108 Å². The predicted molar refractivity (Wildman–Crippen MR) is 77.9 cm³/mol. The standard InChI is InChI=1S/C15H30N2/c1-7-14(11-13(4)16)15(8-2)12(3)9-10-17(5)6/h11-12H,7-10,16H2,1-6H3/b13-11+,15-14+. The monoisotopic (exact) mass is 238 g/mol. The van der Waals surface area contributed by atoms with Crippen molar-refractivity contribution in [3.05, 3.63) is 22.9 Å². The van der Waals surface area contributed by atoms with Crippen molar-refractivity contribution in [3.63, 3.8) is 0 Å². The molecule has 2 nitrogen and oxygen atoms in total. The van der Waals surface area contributed by atoms with Gasteiger partial charge in [-0.1, -0.05) is 26.3 Å². The fourth-order valence-corrected chi connectivity index (χ4v) is 2.21. The molecule has 0 aromatic heterocycles. The van der Waals surface area contributed by atoms with Crippen LogP contribution in [0, 0.1) is 5.92 Å². The first-order chi connectivity index (χ1) is 7.92. The van der Waals surface area contributed by atoms with Crippen LogP contribution in [-0.2, 0) is 0 Å². The summed E-state index contributed by atoms with van der Waals surface area (Å²) in [4.78, 5) is 2.25. The van der Waals surface area contributed by atoms with Crippen LogP contribution in [0.4, 0.5) is 0 Å². The predicted octanol–water partition coefficient (Wildman–Crippen LogP) is 3.55. The van der Waals surface area contributed by atoms with Crippen molar-refractivity contribution >= 4 is 0 Å². The Balaban J connectivity index is 4.87. The molecule has 0 radical (unpaired) electrons. The van der Waals surface area contributed by atoms with Gasteiger partial charge in [0.25, 0.3) is 0 Å². The minimum absolute atomic E-state index is 0.646. The second-order valence-corrected chi connectivity index (χ2v) is 5.14. The molecule has 0 aliphatic carbocycles. The van der Waals surface area contributed by atoms with Crippen molar-refractivity contribution in [2.24, 2.45) is 11.7 Å². The van der Waals surface area contributed by atoms with E-state index in [0.29, 0.717) is 5.92 Å². The second kappa shape index (κ2) is 8.35. The molecule has 17 heavy (non-hydrogen) atoms. The summed E-state index contributed by atoms with van der Waals surface area (Å²) in [5.41, 5.74) is 9.71. The number of hydrogen-bond donors (Lipinski definition) is 1. The van der Waals surface area contributed by atoms with E-state index in [9.17, 15) is 0 Å². The molecule has 0 aliphatic rings. The van der Waals surface area contributed by atoms with Gasteiger partial charge in [-0.3, -0.25) is 0 Å². The Morgan fingerprint density at radius 1 is 1.24 bits per heavy atom. The summed E-state index contributed by atoms with van der Waals surface area (Å²) in [7, 11) is 4.26. The average Bonchev–Trinajstić information content (AvgIpc) is 2.25. The lowest BCUT2D eigenvalue weighted by Crippen LogP contribution is -2.17. The first-order valence-electron chi connectivity index (χ1n) is 6.72. The lowest BCUT2D eigenvalue weighted by Gasteiger charge is -2.20. The van der Waals surface area contributed by atoms with Crippen molar-refractivity contribution in [1.29, 1.82) is 0 Å². The fraction of sp³-hybridized carbons (Fsp3) is 0.733. The highest BCUT2D eigenvalue weighted by molar-refractivity contribution is 5.28. The summed E-state index contributed by atoms with van der Waals surface area (Å²) >= 11 is 0. The summed E-state index contributed by atoms with van der Waals surface area (Å²) in [6.45, 7) is 9.90. The van der Waals surface area contributed by atoms with Crippen molar-refractivity contribution in [3.8, 4) is 0 Å². The van der Waals surface area contributed by atoms with Crippen LogP contribution in [0.5, 0.6) is 0 Å². The SMILES string of the molecule is CCC(/C=C(\C)N)=C(/CC)C(C)CCN(C)C. The molecule has 0 aromatic carbocycles. The number of allylic oxidation sites excluding steroid dienone is 4. The highest BCUT2D eigenvalue weighted by atomic mass is 15.0. The molecule has 0 fully saturated rings. The van der Waals surface area contributed by atoms with Gasteiger partial charge in [0.1, 0.15) is 0 Å². The molecule has 0 bridgehead atoms. The third kappa shape index (κ3) is 6.52. The minimum Gasteiger partial charge on any atom is -0.402 e. The lowest BCUT2D eigenvalue weighted by atomic mass is 9.89. The van der Waals surface area contributed by atoms with Gasteiger partial charge < -0.3 is 10.6 Å². The van der Waals surface area contributed by atoms with Crippen LogP contribution < -0.4 is 5.73 Å². The van der Waals surface area contributed by atoms with E-state index >= 15 is 0 Å². The largest absolute Gasteiger partial charge is 0.402 e. The Morgan fingerprint density at radius 3 is 2.18 bits per heavy atom. The molecule has 0 saturated carbocycles. The molecule has 2 N–H and O–H groups in total. The zero-order chi connectivity index (χ0) is 13.4. The van der Waals surface area contributed by atoms with E-state index in [1.165, 1.54) is 12.0 Å². The van der Waals surface area contributed by atoms with Gasteiger partial charge >= 0.3 is 0 Å². The highest BCUT2D eigenvalue weighted by Crippen LogP contribution is 2.25. The summed E-state index contributed by atoms with van der Waals surface area (Å²) < 4.78 is 0. The average molecular weight is 238 g/mol. The van der Waals surface area contributed by atoms with E-state index in [1.807, 2.05) is 6.92 Å². The molecule has 2 heteroatoms. The molecule has 0 spiro atoms. The molecule has 0 rings (SSSR count). The summed E-state index contributed by atoms with van der Waals surface area (Å²) in [5, 5.41) is 0. The molecule has 0 heterocycles. The molecular weight excluding hydrogens is 208 g/mol. The van der Waals surface area contributed by atoms with Crippen molar-refractivity contribution in [1.82, 2.24) is 4.90 Å². The van der Waals surface area contributed by atoms with Gasteiger partial charge in [-0.25, -0.2) is 0 Å². The number of hydrogen-bond acceptors (Lipinski definition) is 2. The van der Waals surface area contributed by atoms with Crippen LogP contribution >= 0.6 is 0 Å². The normalized spacial score (nSPS) is 16.1. The molecule has 0 saturated heterocycles. The van der Waals surface area contributed by atoms with Crippen LogP contribution in [0.1, 0.15) is 47.0 Å². The maximum atomic E-state index is 5.80. The van der Waals surface area contributed by atoms with Crippen molar-refractivity contribution in [2.75, 3.05) is 20.6 Å². The van der Waals surface area contributed by atoms with Gasteiger partial charge in [0.2, 0.25) is 0 Å². The minimum atomic E-state index is 0.646. The smallest absolute Gasteiger partial charge is 0.00516 e. The lowest BCUT2D eigenvalue weighted by molar-refractivity contribution is 0.373. The Kier molecular flexibility index (Phi) is 7.98. The van der Waals surface area contributed by atoms with E-state index in [0.717, 1.165) is 25.1 Å². The molecule has 1 atom stereocenters. The van der Waals surface area contributed by atoms with E-state index in [2.05, 4.69) is 45.8 Å². The second-order valence-electron chi connectivity index (χ2n) is 5.14. The molecule has 100 valence electrons. The van der Waals surface area contributed by atoms with E-state index in [4.69, 9.17) is 5.73 Å². The Bertz CT molecular complexity index is 271. The molecule has 0 aromatic rings. The van der Waals surface area contributed by atoms with E-state index < -0.39 is 0 Å². The summed E-state index contributed by atoms with van der Waals surface area (Å²) in [5.74, 6) is 0.646. The number of nitrogens with zero attached hydrogens (tertiary/aromatic N) is 1. The van der Waals surface area contributed by atoms with Crippen LogP contribution in [0.3, 0.4) is 0 Å². The van der Waals surface area contributed by atoms with E-state index in [-0.39, 0.29) is 0 Å². The third-order valence-electron chi connectivity index (χ3n) is 3.18. The van der Waals surface area contributed by atoms with Gasteiger partial charge in [0.15, 0.2) is 0 Å². The maximum Gasteiger partial charge on any atom is 0.00516 e. The van der Waals surface area contributed by atoms with Gasteiger partial charge in [0, 0.05) is 5.70 Å². The molecule has 1 unspecified atom stereocenters. The zero-order valence-electron chi connectivity index (χ0n) is 12.5. The zero-order valence-corrected chi connectivity index (χ0v) is 12.5. The molecular formula is C15H30N2. The van der Waals surface area contributed by atoms with Crippen LogP contribution in [0.15, 0.2) is 22.9 Å². The van der Waals surface area contributed by atoms with Crippen LogP contribution in [0.2, 0.25) is 0 Å². The fourth-order valence-electron chi connectivity index (χ4n) is 2.21. The Morgan fingerprint density at radius 2 is 1.82 bits per heavy atom. The summed E-state index contributed by atoms with van der Waals surface area (Å²) in [6, 6.07) is 0. The first kappa shape index (κ1) is 16.2. The molecule has 0 amide bonds. The van der Waals surface area contributed by atoms with E-state index in [1.54, 1.807) is 5.57 Å². The number of nitrogens with two attached hydrogens (primary N) is 1. The number of rotatable bonds is 7. The highest BCUT2D eigenvalue weighted by Gasteiger charge is 2.11. The topological polar surface area (TPSA) is 29.3 Å². The van der Waals surface area contributed by atoms with Gasteiger partial charge in [-0.15, -0.1) is 0 Å². The third-order valence-corrected chi connectivity index (χ3v) is 3.18. The maximum absolute atomic E-state index is 5.80. The quantitative estimate of drug-likeness (QED) is 0.687.